The normalized spacial score (nSPS) is 12.3. The maximum Gasteiger partial charge on any atom is 0.297 e. The number of rotatable bonds is 5. The average Bonchev–Trinajstić information content (AvgIpc) is 3.14. The molecule has 0 radical (unpaired) electrons. The van der Waals surface area contributed by atoms with E-state index in [1.807, 2.05) is 26.1 Å². The summed E-state index contributed by atoms with van der Waals surface area (Å²) in [6, 6.07) is 1.99. The molecular weight excluding hydrogens is 345 g/mol. The zero-order valence-corrected chi connectivity index (χ0v) is 17.1. The van der Waals surface area contributed by atoms with E-state index < -0.39 is 9.03 Å². The van der Waals surface area contributed by atoms with E-state index in [1.165, 1.54) is 19.3 Å². The Morgan fingerprint density at radius 3 is 2.38 bits per heavy atom. The van der Waals surface area contributed by atoms with Crippen LogP contribution in [0.15, 0.2) is 12.3 Å². The molecule has 2 rings (SSSR count). The van der Waals surface area contributed by atoms with E-state index in [9.17, 15) is 0 Å². The maximum absolute atomic E-state index is 9.03. The molecule has 6 nitrogen and oxygen atoms in total. The molecule has 0 spiro atoms. The molecule has 1 aliphatic heterocycles. The lowest BCUT2D eigenvalue weighted by atomic mass is 10.4. The van der Waals surface area contributed by atoms with Gasteiger partial charge in [0.15, 0.2) is 0 Å². The Morgan fingerprint density at radius 1 is 1.38 bits per heavy atom. The number of hydrogen-bond donors (Lipinski definition) is 2. The van der Waals surface area contributed by atoms with Crippen molar-refractivity contribution in [2.75, 3.05) is 23.7 Å². The van der Waals surface area contributed by atoms with Gasteiger partial charge >= 0.3 is 0 Å². The molecule has 0 bridgehead atoms. The van der Waals surface area contributed by atoms with Gasteiger partial charge in [-0.2, -0.15) is 12.6 Å². The van der Waals surface area contributed by atoms with E-state index in [-0.39, 0.29) is 6.47 Å². The smallest absolute Gasteiger partial charge is 0.297 e. The molecule has 0 saturated carbocycles. The summed E-state index contributed by atoms with van der Waals surface area (Å²) in [6.07, 6.45) is 6.52. The summed E-state index contributed by atoms with van der Waals surface area (Å²) in [4.78, 5) is 27.7. The fourth-order valence-corrected chi connectivity index (χ4v) is 2.00. The minimum Gasteiger partial charge on any atom is -0.422 e. The van der Waals surface area contributed by atoms with Crippen molar-refractivity contribution < 1.29 is 14.2 Å². The van der Waals surface area contributed by atoms with Gasteiger partial charge in [0.2, 0.25) is 9.03 Å². The molecule has 1 fully saturated rings. The van der Waals surface area contributed by atoms with Crippen LogP contribution in [0.2, 0.25) is 0 Å². The standard InChI is InChI=1S/C10H15N3S.C3H8.C2H6.CH3O3P/c14-8-4-9-11-5-3-10(12-9)13-6-1-2-7-13;1-3-2;1-2;2-1-4-5-3/h3,5,14H,1-2,4,6-8H2;3H2,1-2H3;1-2H3;1,3,5H. The van der Waals surface area contributed by atoms with Gasteiger partial charge in [-0.3, -0.25) is 4.79 Å². The van der Waals surface area contributed by atoms with Crippen LogP contribution in [0.25, 0.3) is 0 Å². The Kier molecular flexibility index (Phi) is 21.3. The Hall–Kier alpha value is -0.910. The van der Waals surface area contributed by atoms with E-state index in [1.54, 1.807) is 0 Å². The average molecular weight is 377 g/mol. The second kappa shape index (κ2) is 20.1. The van der Waals surface area contributed by atoms with Crippen LogP contribution in [-0.4, -0.2) is 40.2 Å². The Morgan fingerprint density at radius 2 is 1.96 bits per heavy atom. The van der Waals surface area contributed by atoms with Crippen molar-refractivity contribution in [1.29, 1.82) is 0 Å². The van der Waals surface area contributed by atoms with Crippen molar-refractivity contribution in [3.05, 3.63) is 18.1 Å². The summed E-state index contributed by atoms with van der Waals surface area (Å²) in [6.45, 7) is 10.7. The quantitative estimate of drug-likeness (QED) is 0.463. The highest BCUT2D eigenvalue weighted by Gasteiger charge is 2.13. The fraction of sp³-hybridized carbons (Fsp3) is 0.688. The number of carbonyl (C=O) groups is 1. The van der Waals surface area contributed by atoms with E-state index in [2.05, 4.69) is 45.9 Å². The molecule has 2 heterocycles. The molecule has 1 aliphatic rings. The second-order valence-electron chi connectivity index (χ2n) is 4.51. The van der Waals surface area contributed by atoms with E-state index >= 15 is 0 Å². The largest absolute Gasteiger partial charge is 0.422 e. The van der Waals surface area contributed by atoms with Crippen LogP contribution in [0, 0.1) is 0 Å². The molecule has 8 heteroatoms. The Labute approximate surface area is 153 Å². The number of nitrogens with zero attached hydrogens (tertiary/aromatic N) is 3. The Bertz CT molecular complexity index is 395. The van der Waals surface area contributed by atoms with Crippen LogP contribution in [0.1, 0.15) is 52.8 Å². The third-order valence-electron chi connectivity index (χ3n) is 2.56. The van der Waals surface area contributed by atoms with Crippen LogP contribution in [0.5, 0.6) is 0 Å². The van der Waals surface area contributed by atoms with Gasteiger partial charge in [0.05, 0.1) is 0 Å². The lowest BCUT2D eigenvalue weighted by molar-refractivity contribution is -0.120. The van der Waals surface area contributed by atoms with E-state index in [4.69, 9.17) is 9.69 Å². The third-order valence-corrected chi connectivity index (χ3v) is 2.98. The zero-order valence-electron chi connectivity index (χ0n) is 15.2. The first-order valence-corrected chi connectivity index (χ1v) is 9.88. The van der Waals surface area contributed by atoms with Gasteiger partial charge in [-0.05, 0) is 24.7 Å². The molecule has 1 aromatic rings. The van der Waals surface area contributed by atoms with Crippen molar-refractivity contribution >= 4 is 34.0 Å². The lowest BCUT2D eigenvalue weighted by Gasteiger charge is -2.16. The highest BCUT2D eigenvalue weighted by Crippen LogP contribution is 2.16. The molecule has 0 amide bonds. The minimum atomic E-state index is -0.710. The predicted octanol–water partition coefficient (Wildman–Crippen LogP) is 3.65. The van der Waals surface area contributed by atoms with Crippen molar-refractivity contribution in [2.45, 2.75) is 53.4 Å². The molecule has 1 unspecified atom stereocenters. The molecule has 1 aromatic heterocycles. The molecule has 1 N–H and O–H groups in total. The molecule has 24 heavy (non-hydrogen) atoms. The van der Waals surface area contributed by atoms with Crippen molar-refractivity contribution in [2.24, 2.45) is 0 Å². The fourth-order valence-electron chi connectivity index (χ4n) is 1.75. The summed E-state index contributed by atoms with van der Waals surface area (Å²) < 4.78 is 3.74. The number of aromatic nitrogens is 2. The van der Waals surface area contributed by atoms with Crippen molar-refractivity contribution in [3.8, 4) is 0 Å². The monoisotopic (exact) mass is 377 g/mol. The molecule has 140 valence electrons. The summed E-state index contributed by atoms with van der Waals surface area (Å²) in [5, 5.41) is 0. The highest BCUT2D eigenvalue weighted by atomic mass is 32.1. The van der Waals surface area contributed by atoms with Gasteiger partial charge in [-0.1, -0.05) is 34.1 Å². The van der Waals surface area contributed by atoms with Crippen LogP contribution >= 0.6 is 21.7 Å². The first-order valence-electron chi connectivity index (χ1n) is 8.39. The summed E-state index contributed by atoms with van der Waals surface area (Å²) in [5.74, 6) is 2.79. The van der Waals surface area contributed by atoms with Crippen molar-refractivity contribution in [1.82, 2.24) is 9.97 Å². The molecule has 0 aromatic carbocycles. The predicted molar refractivity (Wildman–Crippen MR) is 106 cm³/mol. The first kappa shape index (κ1) is 25.3. The maximum atomic E-state index is 9.03. The van der Waals surface area contributed by atoms with Gasteiger partial charge in [0, 0.05) is 25.7 Å². The van der Waals surface area contributed by atoms with Crippen molar-refractivity contribution in [3.63, 3.8) is 0 Å². The number of aryl methyl sites for hydroxylation is 1. The summed E-state index contributed by atoms with van der Waals surface area (Å²) in [5.41, 5.74) is 0. The topological polar surface area (TPSA) is 75.6 Å². The molecule has 1 atom stereocenters. The second-order valence-corrected chi connectivity index (χ2v) is 5.38. The Balaban J connectivity index is 0. The summed E-state index contributed by atoms with van der Waals surface area (Å²) >= 11 is 4.18. The number of thiol groups is 1. The van der Waals surface area contributed by atoms with Gasteiger partial charge in [-0.25, -0.2) is 9.97 Å². The molecular formula is C16H32N3O3PS. The van der Waals surface area contributed by atoms with Gasteiger partial charge in [-0.15, -0.1) is 0 Å². The number of anilines is 1. The van der Waals surface area contributed by atoms with Gasteiger partial charge in [0.25, 0.3) is 6.47 Å². The number of carbonyl (C=O) groups excluding carboxylic acids is 1. The molecule has 1 saturated heterocycles. The van der Waals surface area contributed by atoms with Crippen LogP contribution in [-0.2, 0) is 15.7 Å². The SMILES string of the molecule is CC.CCC.O=COPO.SCCc1nccc(N2CCCC2)n1. The number of hydrogen-bond acceptors (Lipinski definition) is 7. The highest BCUT2D eigenvalue weighted by molar-refractivity contribution is 7.80. The first-order chi connectivity index (χ1) is 11.7. The lowest BCUT2D eigenvalue weighted by Crippen LogP contribution is -2.19. The van der Waals surface area contributed by atoms with Gasteiger partial charge in [0.1, 0.15) is 11.6 Å². The van der Waals surface area contributed by atoms with Crippen LogP contribution in [0.4, 0.5) is 5.82 Å². The zero-order chi connectivity index (χ0) is 18.6. The van der Waals surface area contributed by atoms with E-state index in [0.717, 1.165) is 36.9 Å². The summed E-state index contributed by atoms with van der Waals surface area (Å²) in [7, 11) is -0.710. The minimum absolute atomic E-state index is 0.193. The van der Waals surface area contributed by atoms with E-state index in [0.29, 0.717) is 0 Å². The van der Waals surface area contributed by atoms with Crippen LogP contribution in [0.3, 0.4) is 0 Å². The third kappa shape index (κ3) is 13.5. The van der Waals surface area contributed by atoms with Gasteiger partial charge < -0.3 is 14.3 Å². The molecule has 0 aliphatic carbocycles. The van der Waals surface area contributed by atoms with Crippen LogP contribution < -0.4 is 4.90 Å².